The second-order valence-electron chi connectivity index (χ2n) is 5.38. The molecule has 0 fully saturated rings. The molecule has 0 aliphatic carbocycles. The van der Waals surface area contributed by atoms with Crippen LogP contribution in [0.2, 0.25) is 0 Å². The Balaban J connectivity index is -0.000000142. The molecule has 0 amide bonds. The average molecular weight is 370 g/mol. The Morgan fingerprint density at radius 3 is 1.56 bits per heavy atom. The summed E-state index contributed by atoms with van der Waals surface area (Å²) >= 11 is 0. The zero-order valence-electron chi connectivity index (χ0n) is 16.3. The van der Waals surface area contributed by atoms with Gasteiger partial charge in [0.2, 0.25) is 0 Å². The largest absolute Gasteiger partial charge is 3.00 e. The number of aromatic hydroxyl groups is 1. The summed E-state index contributed by atoms with van der Waals surface area (Å²) in [6.07, 6.45) is -1.25. The molecular weight excluding hydrogens is 339 g/mol. The number of phenols is 1. The maximum atomic E-state index is 11.1. The number of para-hydroxylation sites is 1. The summed E-state index contributed by atoms with van der Waals surface area (Å²) in [7, 11) is 0. The van der Waals surface area contributed by atoms with Crippen molar-refractivity contribution in [1.29, 1.82) is 0 Å². The Bertz CT molecular complexity index is 386. The molecular formula is C18H31AlO6. The van der Waals surface area contributed by atoms with Crippen molar-refractivity contribution >= 4 is 23.3 Å². The molecule has 0 aliphatic rings. The standard InChI is InChI=1S/C9H10O3.3C3H7O.Al/c1-2-12-9(11)7-5-3-4-6-8(7)10;3*1-3(2)4;/h3-6,10H,2H2,1H3;3*3H,1-2H3;/q;3*-1;+3. The van der Waals surface area contributed by atoms with E-state index in [-0.39, 0.29) is 28.7 Å². The number of rotatable bonds is 2. The molecule has 0 saturated heterocycles. The number of ether oxygens (including phenoxy) is 1. The third kappa shape index (κ3) is 35.0. The van der Waals surface area contributed by atoms with E-state index in [1.807, 2.05) is 0 Å². The minimum atomic E-state index is -0.490. The third-order valence-corrected chi connectivity index (χ3v) is 1.40. The molecule has 1 rings (SSSR count). The Morgan fingerprint density at radius 2 is 1.28 bits per heavy atom. The fourth-order valence-corrected chi connectivity index (χ4v) is 0.855. The van der Waals surface area contributed by atoms with E-state index in [0.29, 0.717) is 6.61 Å². The van der Waals surface area contributed by atoms with Gasteiger partial charge >= 0.3 is 23.3 Å². The van der Waals surface area contributed by atoms with E-state index < -0.39 is 24.3 Å². The molecule has 1 aromatic rings. The predicted octanol–water partition coefficient (Wildman–Crippen LogP) is 0.453. The summed E-state index contributed by atoms with van der Waals surface area (Å²) in [5.41, 5.74) is 0.208. The van der Waals surface area contributed by atoms with Gasteiger partial charge in [-0.25, -0.2) is 4.79 Å². The second-order valence-corrected chi connectivity index (χ2v) is 5.38. The molecule has 1 aromatic carbocycles. The molecule has 6 nitrogen and oxygen atoms in total. The van der Waals surface area contributed by atoms with Crippen molar-refractivity contribution in [3.8, 4) is 5.75 Å². The van der Waals surface area contributed by atoms with Crippen LogP contribution in [-0.4, -0.2) is 53.4 Å². The van der Waals surface area contributed by atoms with E-state index >= 15 is 0 Å². The van der Waals surface area contributed by atoms with E-state index in [1.165, 1.54) is 12.1 Å². The van der Waals surface area contributed by atoms with Crippen molar-refractivity contribution in [1.82, 2.24) is 0 Å². The zero-order chi connectivity index (χ0) is 19.7. The SMILES string of the molecule is CC(C)[O-].CC(C)[O-].CC(C)[O-].CCOC(=O)c1ccccc1O.[Al+3]. The number of esters is 1. The minimum Gasteiger partial charge on any atom is -0.852 e. The topological polar surface area (TPSA) is 116 Å². The molecule has 0 saturated carbocycles. The maximum Gasteiger partial charge on any atom is 3.00 e. The Morgan fingerprint density at radius 1 is 0.960 bits per heavy atom. The molecule has 0 aliphatic heterocycles. The molecule has 0 heterocycles. The van der Waals surface area contributed by atoms with Gasteiger partial charge in [-0.1, -0.05) is 53.7 Å². The molecule has 142 valence electrons. The summed E-state index contributed by atoms with van der Waals surface area (Å²) in [5.74, 6) is -0.536. The molecule has 0 unspecified atom stereocenters. The summed E-state index contributed by atoms with van der Waals surface area (Å²) in [6, 6.07) is 6.30. The van der Waals surface area contributed by atoms with Gasteiger partial charge in [-0.05, 0) is 19.1 Å². The maximum absolute atomic E-state index is 11.1. The van der Waals surface area contributed by atoms with Gasteiger partial charge in [-0.2, -0.15) is 0 Å². The number of hydrogen-bond acceptors (Lipinski definition) is 6. The fourth-order valence-electron chi connectivity index (χ4n) is 0.855. The van der Waals surface area contributed by atoms with Gasteiger partial charge in [0.25, 0.3) is 0 Å². The first kappa shape index (κ1) is 31.7. The Kier molecular flexibility index (Phi) is 26.5. The van der Waals surface area contributed by atoms with Crippen molar-refractivity contribution in [2.75, 3.05) is 6.61 Å². The second kappa shape index (κ2) is 20.9. The van der Waals surface area contributed by atoms with Gasteiger partial charge in [0.05, 0.1) is 6.61 Å². The molecule has 0 aromatic heterocycles. The predicted molar refractivity (Wildman–Crippen MR) is 95.2 cm³/mol. The van der Waals surface area contributed by atoms with Gasteiger partial charge < -0.3 is 25.2 Å². The molecule has 7 heteroatoms. The molecule has 0 spiro atoms. The molecule has 0 bridgehead atoms. The van der Waals surface area contributed by atoms with Crippen LogP contribution in [0.4, 0.5) is 0 Å². The number of carbonyl (C=O) groups excluding carboxylic acids is 1. The van der Waals surface area contributed by atoms with Crippen molar-refractivity contribution < 1.29 is 30.0 Å². The normalized spacial score (nSPS) is 8.84. The van der Waals surface area contributed by atoms with Crippen LogP contribution in [-0.2, 0) is 4.74 Å². The van der Waals surface area contributed by atoms with Crippen LogP contribution in [0.25, 0.3) is 0 Å². The Labute approximate surface area is 162 Å². The zero-order valence-corrected chi connectivity index (χ0v) is 17.5. The molecule has 25 heavy (non-hydrogen) atoms. The fraction of sp³-hybridized carbons (Fsp3) is 0.611. The summed E-state index contributed by atoms with van der Waals surface area (Å²) < 4.78 is 4.71. The van der Waals surface area contributed by atoms with Gasteiger partial charge in [0, 0.05) is 0 Å². The number of hydrogen-bond donors (Lipinski definition) is 1. The average Bonchev–Trinajstić information content (AvgIpc) is 2.37. The van der Waals surface area contributed by atoms with Crippen LogP contribution in [0.5, 0.6) is 5.75 Å². The van der Waals surface area contributed by atoms with Crippen LogP contribution in [0.15, 0.2) is 24.3 Å². The van der Waals surface area contributed by atoms with Gasteiger partial charge in [-0.15, -0.1) is 18.3 Å². The smallest absolute Gasteiger partial charge is 0.852 e. The van der Waals surface area contributed by atoms with E-state index in [2.05, 4.69) is 0 Å². The molecule has 0 atom stereocenters. The van der Waals surface area contributed by atoms with Crippen LogP contribution >= 0.6 is 0 Å². The van der Waals surface area contributed by atoms with E-state index in [1.54, 1.807) is 60.6 Å². The van der Waals surface area contributed by atoms with Crippen molar-refractivity contribution in [2.24, 2.45) is 0 Å². The number of carbonyl (C=O) groups is 1. The summed E-state index contributed by atoms with van der Waals surface area (Å²) in [5, 5.41) is 37.8. The minimum absolute atomic E-state index is 0. The first-order valence-corrected chi connectivity index (χ1v) is 7.88. The van der Waals surface area contributed by atoms with E-state index in [9.17, 15) is 25.2 Å². The number of benzene rings is 1. The first-order valence-electron chi connectivity index (χ1n) is 7.88. The van der Waals surface area contributed by atoms with Crippen molar-refractivity contribution in [2.45, 2.75) is 66.8 Å². The first-order chi connectivity index (χ1) is 10.9. The number of phenolic OH excluding ortho intramolecular Hbond substituents is 1. The van der Waals surface area contributed by atoms with Crippen LogP contribution in [0, 0.1) is 0 Å². The van der Waals surface area contributed by atoms with Crippen molar-refractivity contribution in [3.05, 3.63) is 29.8 Å². The molecule has 0 radical (unpaired) electrons. The quantitative estimate of drug-likeness (QED) is 0.597. The molecule has 1 N–H and O–H groups in total. The summed E-state index contributed by atoms with van der Waals surface area (Å²) in [4.78, 5) is 11.1. The van der Waals surface area contributed by atoms with Crippen LogP contribution < -0.4 is 15.3 Å². The van der Waals surface area contributed by atoms with E-state index in [0.717, 1.165) is 0 Å². The van der Waals surface area contributed by atoms with Gasteiger partial charge in [0.1, 0.15) is 11.3 Å². The van der Waals surface area contributed by atoms with Gasteiger partial charge in [-0.3, -0.25) is 0 Å². The van der Waals surface area contributed by atoms with Gasteiger partial charge in [0.15, 0.2) is 0 Å². The van der Waals surface area contributed by atoms with Crippen LogP contribution in [0.3, 0.4) is 0 Å². The third-order valence-electron chi connectivity index (χ3n) is 1.40. The Hall–Kier alpha value is -1.10. The van der Waals surface area contributed by atoms with Crippen molar-refractivity contribution in [3.63, 3.8) is 0 Å². The van der Waals surface area contributed by atoms with Crippen LogP contribution in [0.1, 0.15) is 58.8 Å². The monoisotopic (exact) mass is 370 g/mol. The van der Waals surface area contributed by atoms with E-state index in [4.69, 9.17) is 4.74 Å². The summed E-state index contributed by atoms with van der Waals surface area (Å²) in [6.45, 7) is 11.7.